The van der Waals surface area contributed by atoms with Crippen LogP contribution >= 0.6 is 11.8 Å². The number of rotatable bonds is 6. The van der Waals surface area contributed by atoms with Crippen molar-refractivity contribution < 1.29 is 14.5 Å². The van der Waals surface area contributed by atoms with Gasteiger partial charge in [0.25, 0.3) is 0 Å². The minimum atomic E-state index is -0.560. The van der Waals surface area contributed by atoms with E-state index in [0.717, 1.165) is 9.79 Å². The molecule has 0 amide bonds. The van der Waals surface area contributed by atoms with Crippen LogP contribution in [0.5, 0.6) is 11.5 Å². The molecule has 0 aliphatic heterocycles. The van der Waals surface area contributed by atoms with Crippen LogP contribution in [-0.4, -0.2) is 15.7 Å². The highest BCUT2D eigenvalue weighted by Crippen LogP contribution is 2.34. The molecular weight excluding hydrogens is 352 g/mol. The smallest absolute Gasteiger partial charge is 0.312 e. The van der Waals surface area contributed by atoms with E-state index in [0.29, 0.717) is 5.75 Å². The third-order valence-corrected chi connectivity index (χ3v) is 4.51. The van der Waals surface area contributed by atoms with Crippen LogP contribution in [0.25, 0.3) is 0 Å². The Bertz CT molecular complexity index is 944. The van der Waals surface area contributed by atoms with Gasteiger partial charge in [-0.15, -0.1) is 0 Å². The van der Waals surface area contributed by atoms with Crippen LogP contribution in [0, 0.1) is 10.1 Å². The van der Waals surface area contributed by atoms with Crippen molar-refractivity contribution in [3.8, 4) is 11.5 Å². The van der Waals surface area contributed by atoms with E-state index in [1.165, 1.54) is 25.1 Å². The van der Waals surface area contributed by atoms with Crippen LogP contribution in [0.3, 0.4) is 0 Å². The molecule has 0 spiro atoms. The Morgan fingerprint density at radius 1 is 1.04 bits per heavy atom. The number of nitro benzene ring substituents is 1. The molecule has 0 aliphatic carbocycles. The Hall–Kier alpha value is -3.19. The number of pyridine rings is 1. The van der Waals surface area contributed by atoms with Crippen molar-refractivity contribution in [2.45, 2.75) is 16.7 Å². The predicted molar refractivity (Wildman–Crippen MR) is 98.0 cm³/mol. The molecule has 26 heavy (non-hydrogen) atoms. The molecule has 1 aromatic heterocycles. The number of nitrogens with zero attached hydrogens (tertiary/aromatic N) is 2. The molecule has 130 valence electrons. The number of hydrogen-bond acceptors (Lipinski definition) is 6. The van der Waals surface area contributed by atoms with Crippen LogP contribution < -0.4 is 4.74 Å². The lowest BCUT2D eigenvalue weighted by atomic mass is 10.1. The van der Waals surface area contributed by atoms with E-state index >= 15 is 0 Å². The SMILES string of the molecule is CC(=O)c1ccc(Oc2ccc(Sc3ccncc3)cc2)c([N+](=O)[O-])c1. The number of carbonyl (C=O) groups is 1. The summed E-state index contributed by atoms with van der Waals surface area (Å²) < 4.78 is 5.64. The van der Waals surface area contributed by atoms with Gasteiger partial charge in [-0.05, 0) is 55.5 Å². The Balaban J connectivity index is 1.79. The lowest BCUT2D eigenvalue weighted by Gasteiger charge is -2.08. The first-order valence-electron chi connectivity index (χ1n) is 7.68. The zero-order valence-corrected chi connectivity index (χ0v) is 14.6. The van der Waals surface area contributed by atoms with Gasteiger partial charge in [0.05, 0.1) is 4.92 Å². The molecule has 6 nitrogen and oxygen atoms in total. The van der Waals surface area contributed by atoms with E-state index in [9.17, 15) is 14.9 Å². The zero-order valence-electron chi connectivity index (χ0n) is 13.8. The van der Waals surface area contributed by atoms with Crippen LogP contribution in [0.4, 0.5) is 5.69 Å². The van der Waals surface area contributed by atoms with E-state index in [1.54, 1.807) is 36.3 Å². The Kier molecular flexibility index (Phi) is 5.28. The van der Waals surface area contributed by atoms with Crippen LogP contribution in [0.1, 0.15) is 17.3 Å². The first-order chi connectivity index (χ1) is 12.5. The number of benzene rings is 2. The minimum Gasteiger partial charge on any atom is -0.450 e. The van der Waals surface area contributed by atoms with Gasteiger partial charge in [0.2, 0.25) is 5.75 Å². The highest BCUT2D eigenvalue weighted by molar-refractivity contribution is 7.99. The van der Waals surface area contributed by atoms with E-state index < -0.39 is 4.92 Å². The molecule has 3 rings (SSSR count). The van der Waals surface area contributed by atoms with Gasteiger partial charge in [0.15, 0.2) is 5.78 Å². The Morgan fingerprint density at radius 3 is 2.31 bits per heavy atom. The normalized spacial score (nSPS) is 10.3. The summed E-state index contributed by atoms with van der Waals surface area (Å²) in [5.41, 5.74) is 0.0288. The monoisotopic (exact) mass is 366 g/mol. The molecule has 0 aliphatic rings. The molecule has 2 aromatic carbocycles. The summed E-state index contributed by atoms with van der Waals surface area (Å²) in [6.45, 7) is 1.36. The molecule has 0 N–H and O–H groups in total. The number of ether oxygens (including phenoxy) is 1. The van der Waals surface area contributed by atoms with E-state index in [-0.39, 0.29) is 22.8 Å². The van der Waals surface area contributed by atoms with Crippen molar-refractivity contribution in [2.24, 2.45) is 0 Å². The van der Waals surface area contributed by atoms with Crippen LogP contribution in [-0.2, 0) is 0 Å². The largest absolute Gasteiger partial charge is 0.450 e. The third kappa shape index (κ3) is 4.25. The summed E-state index contributed by atoms with van der Waals surface area (Å²) >= 11 is 1.57. The molecule has 0 bridgehead atoms. The van der Waals surface area contributed by atoms with Crippen molar-refractivity contribution in [2.75, 3.05) is 0 Å². The van der Waals surface area contributed by atoms with Gasteiger partial charge >= 0.3 is 5.69 Å². The number of hydrogen-bond donors (Lipinski definition) is 0. The molecule has 0 saturated heterocycles. The first kappa shape index (κ1) is 17.6. The van der Waals surface area contributed by atoms with Gasteiger partial charge in [-0.2, -0.15) is 0 Å². The van der Waals surface area contributed by atoms with E-state index in [1.807, 2.05) is 24.3 Å². The molecule has 1 heterocycles. The van der Waals surface area contributed by atoms with Crippen LogP contribution in [0.15, 0.2) is 76.8 Å². The maximum Gasteiger partial charge on any atom is 0.312 e. The number of nitro groups is 1. The molecule has 0 fully saturated rings. The maximum absolute atomic E-state index is 11.4. The predicted octanol–water partition coefficient (Wildman–Crippen LogP) is 5.14. The Morgan fingerprint density at radius 2 is 1.69 bits per heavy atom. The molecule has 0 atom stereocenters. The summed E-state index contributed by atoms with van der Waals surface area (Å²) in [4.78, 5) is 28.1. The fourth-order valence-corrected chi connectivity index (χ4v) is 3.01. The summed E-state index contributed by atoms with van der Waals surface area (Å²) in [5.74, 6) is 0.328. The summed E-state index contributed by atoms with van der Waals surface area (Å²) in [6, 6.07) is 15.2. The average molecular weight is 366 g/mol. The highest BCUT2D eigenvalue weighted by atomic mass is 32.2. The van der Waals surface area contributed by atoms with Crippen molar-refractivity contribution in [3.05, 3.63) is 82.7 Å². The second kappa shape index (κ2) is 7.79. The van der Waals surface area contributed by atoms with Crippen molar-refractivity contribution >= 4 is 23.2 Å². The number of aromatic nitrogens is 1. The topological polar surface area (TPSA) is 82.3 Å². The number of carbonyl (C=O) groups excluding carboxylic acids is 1. The fraction of sp³-hybridized carbons (Fsp3) is 0.0526. The molecule has 0 saturated carbocycles. The molecule has 3 aromatic rings. The van der Waals surface area contributed by atoms with Gasteiger partial charge in [-0.1, -0.05) is 11.8 Å². The van der Waals surface area contributed by atoms with Gasteiger partial charge in [-0.25, -0.2) is 0 Å². The van der Waals surface area contributed by atoms with Crippen molar-refractivity contribution in [1.29, 1.82) is 0 Å². The number of Topliss-reactive ketones (excluding diaryl/α,β-unsaturated/α-hetero) is 1. The fourth-order valence-electron chi connectivity index (χ4n) is 2.21. The lowest BCUT2D eigenvalue weighted by Crippen LogP contribution is -1.98. The second-order valence-electron chi connectivity index (χ2n) is 5.35. The van der Waals surface area contributed by atoms with Crippen molar-refractivity contribution in [3.63, 3.8) is 0 Å². The number of ketones is 1. The van der Waals surface area contributed by atoms with Gasteiger partial charge < -0.3 is 4.74 Å². The second-order valence-corrected chi connectivity index (χ2v) is 6.50. The average Bonchev–Trinajstić information content (AvgIpc) is 2.64. The molecule has 0 unspecified atom stereocenters. The maximum atomic E-state index is 11.4. The molecular formula is C19H14N2O4S. The quantitative estimate of drug-likeness (QED) is 0.341. The van der Waals surface area contributed by atoms with Crippen LogP contribution in [0.2, 0.25) is 0 Å². The standard InChI is InChI=1S/C19H14N2O4S/c1-13(22)14-2-7-19(18(12-14)21(23)24)25-15-3-5-16(6-4-15)26-17-8-10-20-11-9-17/h2-12H,1H3. The van der Waals surface area contributed by atoms with Gasteiger partial charge in [-0.3, -0.25) is 19.9 Å². The van der Waals surface area contributed by atoms with Gasteiger partial charge in [0.1, 0.15) is 5.75 Å². The van der Waals surface area contributed by atoms with Crippen molar-refractivity contribution in [1.82, 2.24) is 4.98 Å². The van der Waals surface area contributed by atoms with E-state index in [4.69, 9.17) is 4.74 Å². The minimum absolute atomic E-state index is 0.0922. The lowest BCUT2D eigenvalue weighted by molar-refractivity contribution is -0.385. The highest BCUT2D eigenvalue weighted by Gasteiger charge is 2.18. The summed E-state index contributed by atoms with van der Waals surface area (Å²) in [7, 11) is 0. The molecule has 0 radical (unpaired) electrons. The molecule has 7 heteroatoms. The summed E-state index contributed by atoms with van der Waals surface area (Å²) in [5, 5.41) is 11.2. The third-order valence-electron chi connectivity index (χ3n) is 3.50. The summed E-state index contributed by atoms with van der Waals surface area (Å²) in [6.07, 6.45) is 3.45. The van der Waals surface area contributed by atoms with E-state index in [2.05, 4.69) is 4.98 Å². The van der Waals surface area contributed by atoms with Gasteiger partial charge in [0, 0.05) is 33.8 Å². The first-order valence-corrected chi connectivity index (χ1v) is 8.50. The Labute approximate surface area is 154 Å². The zero-order chi connectivity index (χ0) is 18.5.